The Kier molecular flexibility index (Phi) is 5.81. The van der Waals surface area contributed by atoms with E-state index in [1.54, 1.807) is 19.1 Å². The standard InChI is InChI=1S/C25H26FN5O2/c1-16-29-25(33-30-16)17-8-9-23(21(26)13-17)31-12-4-5-19(15-31)24(32)27-11-10-18-14-28-22-7-3-2-6-20(18)22/h2-3,6-9,13-14,19,28H,4-5,10-12,15H2,1H3,(H,27,32). The predicted octanol–water partition coefficient (Wildman–Crippen LogP) is 4.24. The average Bonchev–Trinajstić information content (AvgIpc) is 3.45. The molecule has 0 bridgehead atoms. The van der Waals surface area contributed by atoms with Gasteiger partial charge in [-0.25, -0.2) is 4.39 Å². The summed E-state index contributed by atoms with van der Waals surface area (Å²) in [5.41, 5.74) is 3.32. The van der Waals surface area contributed by atoms with Crippen LogP contribution in [0.4, 0.5) is 10.1 Å². The topological polar surface area (TPSA) is 87.0 Å². The minimum absolute atomic E-state index is 0.0258. The van der Waals surface area contributed by atoms with E-state index in [2.05, 4.69) is 26.5 Å². The van der Waals surface area contributed by atoms with Crippen molar-refractivity contribution in [2.75, 3.05) is 24.5 Å². The van der Waals surface area contributed by atoms with Gasteiger partial charge in [0, 0.05) is 42.3 Å². The average molecular weight is 448 g/mol. The van der Waals surface area contributed by atoms with Crippen molar-refractivity contribution >= 4 is 22.5 Å². The summed E-state index contributed by atoms with van der Waals surface area (Å²) in [6, 6.07) is 13.1. The molecule has 2 aromatic carbocycles. The van der Waals surface area contributed by atoms with Crippen LogP contribution in [0.3, 0.4) is 0 Å². The Morgan fingerprint density at radius 2 is 2.18 bits per heavy atom. The van der Waals surface area contributed by atoms with Crippen molar-refractivity contribution in [3.05, 3.63) is 65.9 Å². The first-order chi connectivity index (χ1) is 16.1. The number of amides is 1. The number of piperidine rings is 1. The van der Waals surface area contributed by atoms with Crippen molar-refractivity contribution in [3.8, 4) is 11.5 Å². The van der Waals surface area contributed by atoms with Crippen LogP contribution in [0.25, 0.3) is 22.4 Å². The lowest BCUT2D eigenvalue weighted by Gasteiger charge is -2.34. The molecule has 3 heterocycles. The summed E-state index contributed by atoms with van der Waals surface area (Å²) in [6.45, 7) is 3.50. The summed E-state index contributed by atoms with van der Waals surface area (Å²) < 4.78 is 20.0. The van der Waals surface area contributed by atoms with E-state index in [-0.39, 0.29) is 17.6 Å². The molecule has 1 unspecified atom stereocenters. The van der Waals surface area contributed by atoms with E-state index in [1.807, 2.05) is 29.3 Å². The molecule has 1 aliphatic rings. The second-order valence-electron chi connectivity index (χ2n) is 8.50. The molecule has 2 N–H and O–H groups in total. The molecule has 5 rings (SSSR count). The van der Waals surface area contributed by atoms with Gasteiger partial charge < -0.3 is 19.7 Å². The number of para-hydroxylation sites is 1. The molecule has 2 aromatic heterocycles. The third kappa shape index (κ3) is 4.46. The quantitative estimate of drug-likeness (QED) is 0.462. The number of aromatic nitrogens is 3. The maximum atomic E-state index is 14.9. The Hall–Kier alpha value is -3.68. The van der Waals surface area contributed by atoms with Crippen LogP contribution in [-0.4, -0.2) is 40.7 Å². The number of aryl methyl sites for hydroxylation is 1. The Balaban J connectivity index is 1.20. The van der Waals surface area contributed by atoms with Crippen LogP contribution in [0.1, 0.15) is 24.2 Å². The van der Waals surface area contributed by atoms with E-state index in [0.717, 1.165) is 31.3 Å². The highest BCUT2D eigenvalue weighted by atomic mass is 19.1. The summed E-state index contributed by atoms with van der Waals surface area (Å²) in [6.07, 6.45) is 4.40. The van der Waals surface area contributed by atoms with Crippen molar-refractivity contribution < 1.29 is 13.7 Å². The molecule has 1 atom stereocenters. The zero-order valence-corrected chi connectivity index (χ0v) is 18.5. The number of anilines is 1. The lowest BCUT2D eigenvalue weighted by atomic mass is 9.96. The number of rotatable bonds is 6. The normalized spacial score (nSPS) is 16.3. The van der Waals surface area contributed by atoms with Crippen molar-refractivity contribution in [1.29, 1.82) is 0 Å². The number of carbonyl (C=O) groups is 1. The third-order valence-corrected chi connectivity index (χ3v) is 6.22. The fourth-order valence-electron chi connectivity index (χ4n) is 4.52. The first kappa shape index (κ1) is 21.2. The molecule has 1 fully saturated rings. The van der Waals surface area contributed by atoms with Crippen LogP contribution in [0, 0.1) is 18.7 Å². The Morgan fingerprint density at radius 3 is 3.00 bits per heavy atom. The maximum Gasteiger partial charge on any atom is 0.258 e. The SMILES string of the molecule is Cc1noc(-c2ccc(N3CCCC(C(=O)NCCc4c[nH]c5ccccc45)C3)c(F)c2)n1. The monoisotopic (exact) mass is 447 g/mol. The van der Waals surface area contributed by atoms with Gasteiger partial charge in [-0.15, -0.1) is 0 Å². The summed E-state index contributed by atoms with van der Waals surface area (Å²) in [7, 11) is 0. The molecular formula is C25H26FN5O2. The van der Waals surface area contributed by atoms with E-state index in [0.29, 0.717) is 36.1 Å². The van der Waals surface area contributed by atoms with Gasteiger partial charge in [0.2, 0.25) is 5.91 Å². The number of benzene rings is 2. The van der Waals surface area contributed by atoms with E-state index in [4.69, 9.17) is 4.52 Å². The highest BCUT2D eigenvalue weighted by Gasteiger charge is 2.27. The number of H-pyrrole nitrogens is 1. The van der Waals surface area contributed by atoms with Crippen molar-refractivity contribution in [1.82, 2.24) is 20.4 Å². The fourth-order valence-corrected chi connectivity index (χ4v) is 4.52. The Morgan fingerprint density at radius 1 is 1.30 bits per heavy atom. The number of nitrogens with one attached hydrogen (secondary N) is 2. The summed E-state index contributed by atoms with van der Waals surface area (Å²) >= 11 is 0. The molecule has 7 nitrogen and oxygen atoms in total. The molecule has 0 saturated carbocycles. The first-order valence-corrected chi connectivity index (χ1v) is 11.3. The van der Waals surface area contributed by atoms with E-state index >= 15 is 0 Å². The minimum atomic E-state index is -0.358. The number of halogens is 1. The molecule has 4 aromatic rings. The predicted molar refractivity (Wildman–Crippen MR) is 124 cm³/mol. The molecule has 1 saturated heterocycles. The number of fused-ring (bicyclic) bond motifs is 1. The van der Waals surface area contributed by atoms with Gasteiger partial charge in [-0.1, -0.05) is 23.4 Å². The fraction of sp³-hybridized carbons (Fsp3) is 0.320. The van der Waals surface area contributed by atoms with Crippen molar-refractivity contribution in [3.63, 3.8) is 0 Å². The van der Waals surface area contributed by atoms with Gasteiger partial charge in [0.25, 0.3) is 5.89 Å². The van der Waals surface area contributed by atoms with Crippen LogP contribution in [0.5, 0.6) is 0 Å². The number of carbonyl (C=O) groups excluding carboxylic acids is 1. The van der Waals surface area contributed by atoms with Crippen LogP contribution in [-0.2, 0) is 11.2 Å². The molecule has 33 heavy (non-hydrogen) atoms. The largest absolute Gasteiger partial charge is 0.368 e. The van der Waals surface area contributed by atoms with Crippen LogP contribution in [0.2, 0.25) is 0 Å². The third-order valence-electron chi connectivity index (χ3n) is 6.22. The minimum Gasteiger partial charge on any atom is -0.368 e. The Labute approximate surface area is 191 Å². The van der Waals surface area contributed by atoms with Gasteiger partial charge in [-0.05, 0) is 56.0 Å². The van der Waals surface area contributed by atoms with Gasteiger partial charge in [-0.2, -0.15) is 4.98 Å². The number of hydrogen-bond donors (Lipinski definition) is 2. The highest BCUT2D eigenvalue weighted by molar-refractivity contribution is 5.83. The first-order valence-electron chi connectivity index (χ1n) is 11.3. The van der Waals surface area contributed by atoms with Gasteiger partial charge in [-0.3, -0.25) is 4.79 Å². The molecule has 8 heteroatoms. The van der Waals surface area contributed by atoms with Gasteiger partial charge in [0.15, 0.2) is 5.82 Å². The van der Waals surface area contributed by atoms with E-state index in [9.17, 15) is 9.18 Å². The lowest BCUT2D eigenvalue weighted by molar-refractivity contribution is -0.125. The molecule has 0 aliphatic carbocycles. The van der Waals surface area contributed by atoms with Crippen molar-refractivity contribution in [2.45, 2.75) is 26.2 Å². The van der Waals surface area contributed by atoms with Gasteiger partial charge in [0.1, 0.15) is 5.82 Å². The van der Waals surface area contributed by atoms with E-state index in [1.165, 1.54) is 17.0 Å². The number of aromatic amines is 1. The molecular weight excluding hydrogens is 421 g/mol. The number of nitrogens with zero attached hydrogens (tertiary/aromatic N) is 3. The van der Waals surface area contributed by atoms with Crippen LogP contribution < -0.4 is 10.2 Å². The zero-order chi connectivity index (χ0) is 22.8. The molecule has 0 radical (unpaired) electrons. The van der Waals surface area contributed by atoms with Gasteiger partial charge in [0.05, 0.1) is 11.6 Å². The Bertz CT molecular complexity index is 1280. The van der Waals surface area contributed by atoms with Crippen LogP contribution in [0.15, 0.2) is 53.2 Å². The van der Waals surface area contributed by atoms with E-state index < -0.39 is 0 Å². The molecule has 0 spiro atoms. The number of hydrogen-bond acceptors (Lipinski definition) is 5. The maximum absolute atomic E-state index is 14.9. The molecule has 170 valence electrons. The van der Waals surface area contributed by atoms with Crippen molar-refractivity contribution in [2.24, 2.45) is 5.92 Å². The molecule has 1 aliphatic heterocycles. The van der Waals surface area contributed by atoms with Crippen LogP contribution >= 0.6 is 0 Å². The summed E-state index contributed by atoms with van der Waals surface area (Å²) in [4.78, 5) is 22.2. The highest BCUT2D eigenvalue weighted by Crippen LogP contribution is 2.29. The second-order valence-corrected chi connectivity index (χ2v) is 8.50. The summed E-state index contributed by atoms with van der Waals surface area (Å²) in [5.74, 6) is 0.300. The smallest absolute Gasteiger partial charge is 0.258 e. The molecule has 1 amide bonds. The zero-order valence-electron chi connectivity index (χ0n) is 18.5. The van der Waals surface area contributed by atoms with Gasteiger partial charge >= 0.3 is 0 Å². The second kappa shape index (κ2) is 9.05. The lowest BCUT2D eigenvalue weighted by Crippen LogP contribution is -2.43. The summed E-state index contributed by atoms with van der Waals surface area (Å²) in [5, 5.41) is 8.01.